The Labute approximate surface area is 163 Å². The Balaban J connectivity index is 2.03. The third-order valence-electron chi connectivity index (χ3n) is 4.52. The van der Waals surface area contributed by atoms with Gasteiger partial charge >= 0.3 is 15.6 Å². The summed E-state index contributed by atoms with van der Waals surface area (Å²) in [7, 11) is -7.00. The van der Waals surface area contributed by atoms with Crippen LogP contribution in [0.1, 0.15) is 6.42 Å². The summed E-state index contributed by atoms with van der Waals surface area (Å²) in [6.45, 7) is 0.618. The average Bonchev–Trinajstić information content (AvgIpc) is 3.04. The molecule has 1 aliphatic heterocycles. The van der Waals surface area contributed by atoms with Crippen molar-refractivity contribution in [2.24, 2.45) is 0 Å². The zero-order chi connectivity index (χ0) is 20.4. The van der Waals surface area contributed by atoms with Crippen molar-refractivity contribution in [2.45, 2.75) is 22.9 Å². The van der Waals surface area contributed by atoms with Gasteiger partial charge in [0, 0.05) is 23.5 Å². The monoisotopic (exact) mass is 438 g/mol. The molecule has 1 fully saturated rings. The molecular formula is C18H21F3O5S2. The quantitative estimate of drug-likeness (QED) is 0.479. The van der Waals surface area contributed by atoms with E-state index in [1.165, 1.54) is 7.11 Å². The molecule has 10 heteroatoms. The molecule has 2 aromatic carbocycles. The number of halogens is 3. The lowest BCUT2D eigenvalue weighted by molar-refractivity contribution is -0.0496. The molecule has 2 unspecified atom stereocenters. The van der Waals surface area contributed by atoms with Gasteiger partial charge in [-0.15, -0.1) is 0 Å². The fourth-order valence-corrected chi connectivity index (χ4v) is 8.70. The summed E-state index contributed by atoms with van der Waals surface area (Å²) >= 11 is 0. The van der Waals surface area contributed by atoms with E-state index in [-0.39, 0.29) is 18.1 Å². The summed E-state index contributed by atoms with van der Waals surface area (Å²) in [5, 5.41) is 1.50. The predicted molar refractivity (Wildman–Crippen MR) is 102 cm³/mol. The number of alkyl halides is 3. The molecule has 0 radical (unpaired) electrons. The minimum absolute atomic E-state index is 0.0834. The van der Waals surface area contributed by atoms with Crippen LogP contribution in [0.5, 0.6) is 0 Å². The second kappa shape index (κ2) is 8.19. The Morgan fingerprint density at radius 2 is 1.82 bits per heavy atom. The van der Waals surface area contributed by atoms with E-state index in [9.17, 15) is 21.6 Å². The maximum atomic E-state index is 13.1. The van der Waals surface area contributed by atoms with Crippen molar-refractivity contribution in [3.63, 3.8) is 0 Å². The molecule has 0 amide bonds. The molecule has 1 heterocycles. The van der Waals surface area contributed by atoms with Gasteiger partial charge in [0.05, 0.1) is 19.3 Å². The third-order valence-corrected chi connectivity index (χ3v) is 9.81. The normalized spacial score (nSPS) is 25.6. The van der Waals surface area contributed by atoms with Crippen molar-refractivity contribution in [2.75, 3.05) is 31.8 Å². The summed E-state index contributed by atoms with van der Waals surface area (Å²) in [4.78, 5) is 0.497. The standard InChI is InChI=1S/C18H21F3O5S2/c1-24-10-11-25-15-9-12-27(13-15,26-28(22,23)18(19,20)21)17-8-4-6-14-5-2-3-7-16(14)17/h2-8,15H,9-13H2,1H3. The summed E-state index contributed by atoms with van der Waals surface area (Å²) in [5.41, 5.74) is -5.48. The average molecular weight is 438 g/mol. The van der Waals surface area contributed by atoms with Crippen LogP contribution in [-0.2, 0) is 23.2 Å². The lowest BCUT2D eigenvalue weighted by atomic mass is 10.1. The molecule has 0 spiro atoms. The highest BCUT2D eigenvalue weighted by atomic mass is 32.3. The van der Waals surface area contributed by atoms with Crippen LogP contribution in [0.2, 0.25) is 0 Å². The smallest absolute Gasteiger partial charge is 0.382 e. The summed E-state index contributed by atoms with van der Waals surface area (Å²) in [6.07, 6.45) is 0.0166. The molecule has 1 saturated heterocycles. The van der Waals surface area contributed by atoms with Crippen molar-refractivity contribution < 1.29 is 34.7 Å². The molecule has 0 aromatic heterocycles. The highest BCUT2D eigenvalue weighted by molar-refractivity contribution is 8.33. The predicted octanol–water partition coefficient (Wildman–Crippen LogP) is 4.22. The van der Waals surface area contributed by atoms with E-state index in [1.54, 1.807) is 24.3 Å². The van der Waals surface area contributed by atoms with Crippen LogP contribution in [0.3, 0.4) is 0 Å². The fraction of sp³-hybridized carbons (Fsp3) is 0.444. The van der Waals surface area contributed by atoms with Crippen LogP contribution >= 0.6 is 10.3 Å². The van der Waals surface area contributed by atoms with Crippen LogP contribution in [0, 0.1) is 0 Å². The van der Waals surface area contributed by atoms with Gasteiger partial charge in [0.1, 0.15) is 0 Å². The number of benzene rings is 2. The van der Waals surface area contributed by atoms with Crippen LogP contribution in [0.25, 0.3) is 10.8 Å². The number of hydrogen-bond donors (Lipinski definition) is 0. The Hall–Kier alpha value is -1.33. The lowest BCUT2D eigenvalue weighted by Gasteiger charge is -2.35. The Bertz CT molecular complexity index is 927. The molecule has 0 saturated carbocycles. The zero-order valence-electron chi connectivity index (χ0n) is 15.1. The number of methoxy groups -OCH3 is 1. The second-order valence-electron chi connectivity index (χ2n) is 6.40. The summed E-state index contributed by atoms with van der Waals surface area (Å²) in [6, 6.07) is 12.3. The first-order chi connectivity index (χ1) is 13.2. The van der Waals surface area contributed by atoms with E-state index in [2.05, 4.69) is 0 Å². The largest absolute Gasteiger partial charge is 0.523 e. The minimum atomic E-state index is -5.75. The number of ether oxygens (including phenoxy) is 2. The summed E-state index contributed by atoms with van der Waals surface area (Å²) < 4.78 is 78.7. The highest BCUT2D eigenvalue weighted by Crippen LogP contribution is 2.65. The molecule has 2 atom stereocenters. The molecule has 1 aliphatic rings. The van der Waals surface area contributed by atoms with E-state index in [0.29, 0.717) is 23.3 Å². The van der Waals surface area contributed by atoms with Crippen LogP contribution in [0.15, 0.2) is 47.4 Å². The second-order valence-corrected chi connectivity index (χ2v) is 11.1. The van der Waals surface area contributed by atoms with Crippen LogP contribution in [-0.4, -0.2) is 51.9 Å². The van der Waals surface area contributed by atoms with Crippen molar-refractivity contribution in [1.29, 1.82) is 0 Å². The molecule has 0 aliphatic carbocycles. The summed E-state index contributed by atoms with van der Waals surface area (Å²) in [5.74, 6) is 0.258. The fourth-order valence-electron chi connectivity index (χ4n) is 3.25. The lowest BCUT2D eigenvalue weighted by Crippen LogP contribution is -2.28. The molecule has 0 bridgehead atoms. The van der Waals surface area contributed by atoms with Crippen molar-refractivity contribution in [3.8, 4) is 0 Å². The number of fused-ring (bicyclic) bond motifs is 1. The van der Waals surface area contributed by atoms with Gasteiger partial charge < -0.3 is 9.47 Å². The maximum Gasteiger partial charge on any atom is 0.523 e. The Morgan fingerprint density at radius 1 is 1.11 bits per heavy atom. The van der Waals surface area contributed by atoms with Gasteiger partial charge in [-0.05, 0) is 23.3 Å². The van der Waals surface area contributed by atoms with Gasteiger partial charge in [-0.3, -0.25) is 0 Å². The van der Waals surface area contributed by atoms with Gasteiger partial charge in [0.15, 0.2) is 0 Å². The molecule has 3 rings (SSSR count). The molecule has 5 nitrogen and oxygen atoms in total. The molecule has 2 aromatic rings. The van der Waals surface area contributed by atoms with Crippen molar-refractivity contribution in [3.05, 3.63) is 42.5 Å². The molecule has 28 heavy (non-hydrogen) atoms. The zero-order valence-corrected chi connectivity index (χ0v) is 16.8. The van der Waals surface area contributed by atoms with E-state index in [0.717, 1.165) is 5.39 Å². The van der Waals surface area contributed by atoms with E-state index in [1.807, 2.05) is 18.2 Å². The first-order valence-electron chi connectivity index (χ1n) is 8.58. The SMILES string of the molecule is COCCOC1CCS(OS(=O)(=O)C(F)(F)F)(c2cccc3ccccc23)C1. The number of hydrogen-bond acceptors (Lipinski definition) is 5. The Kier molecular flexibility index (Phi) is 6.26. The third kappa shape index (κ3) is 4.30. The minimum Gasteiger partial charge on any atom is -0.382 e. The topological polar surface area (TPSA) is 61.8 Å². The maximum absolute atomic E-state index is 13.1. The van der Waals surface area contributed by atoms with Crippen molar-refractivity contribution in [1.82, 2.24) is 0 Å². The Morgan fingerprint density at radius 3 is 2.54 bits per heavy atom. The van der Waals surface area contributed by atoms with Gasteiger partial charge in [-0.25, -0.2) is 3.63 Å². The molecule has 156 valence electrons. The molecule has 0 N–H and O–H groups in total. The van der Waals surface area contributed by atoms with E-state index < -0.39 is 32.0 Å². The van der Waals surface area contributed by atoms with Crippen LogP contribution in [0.4, 0.5) is 13.2 Å². The van der Waals surface area contributed by atoms with Gasteiger partial charge in [-0.2, -0.15) is 21.6 Å². The molecular weight excluding hydrogens is 417 g/mol. The van der Waals surface area contributed by atoms with Crippen LogP contribution < -0.4 is 0 Å². The van der Waals surface area contributed by atoms with E-state index in [4.69, 9.17) is 13.1 Å². The van der Waals surface area contributed by atoms with Gasteiger partial charge in [-0.1, -0.05) is 46.7 Å². The van der Waals surface area contributed by atoms with E-state index >= 15 is 0 Å². The van der Waals surface area contributed by atoms with Gasteiger partial charge in [0.2, 0.25) is 0 Å². The van der Waals surface area contributed by atoms with Crippen molar-refractivity contribution >= 4 is 31.2 Å². The first kappa shape index (κ1) is 21.4. The number of rotatable bonds is 7. The highest BCUT2D eigenvalue weighted by Gasteiger charge is 2.53. The first-order valence-corrected chi connectivity index (χ1v) is 11.9. The van der Waals surface area contributed by atoms with Gasteiger partial charge in [0.25, 0.3) is 0 Å².